The smallest absolute Gasteiger partial charge is 0.338 e. The Morgan fingerprint density at radius 3 is 2.58 bits per heavy atom. The van der Waals surface area contributed by atoms with Crippen molar-refractivity contribution in [2.45, 2.75) is 6.61 Å². The van der Waals surface area contributed by atoms with Gasteiger partial charge in [0.05, 0.1) is 18.9 Å². The van der Waals surface area contributed by atoms with Gasteiger partial charge in [0.25, 0.3) is 0 Å². The van der Waals surface area contributed by atoms with E-state index >= 15 is 0 Å². The summed E-state index contributed by atoms with van der Waals surface area (Å²) >= 11 is 0. The van der Waals surface area contributed by atoms with Gasteiger partial charge in [-0.15, -0.1) is 0 Å². The minimum atomic E-state index is -1.26. The number of aromatic nitrogens is 1. The standard InChI is InChI=1S/C17H15F2N3O4/c1-25-14-5-15(26-9-10-2-12(18)4-13(19)3-10)16(22-8-14)21-7-11(6-20)17(23)24/h2-8H,9,20H2,1H3,(H,23,24)/b11-6+,21-7+. The minimum Gasteiger partial charge on any atom is -0.495 e. The zero-order valence-corrected chi connectivity index (χ0v) is 13.6. The van der Waals surface area contributed by atoms with Gasteiger partial charge in [-0.25, -0.2) is 23.6 Å². The molecule has 26 heavy (non-hydrogen) atoms. The van der Waals surface area contributed by atoms with Gasteiger partial charge < -0.3 is 20.3 Å². The van der Waals surface area contributed by atoms with Gasteiger partial charge in [0.1, 0.15) is 24.0 Å². The molecule has 7 nitrogen and oxygen atoms in total. The molecule has 0 aliphatic heterocycles. The summed E-state index contributed by atoms with van der Waals surface area (Å²) in [5, 5.41) is 8.92. The van der Waals surface area contributed by atoms with Gasteiger partial charge in [-0.1, -0.05) is 0 Å². The van der Waals surface area contributed by atoms with Gasteiger partial charge in [-0.3, -0.25) is 0 Å². The lowest BCUT2D eigenvalue weighted by Crippen LogP contribution is -2.04. The van der Waals surface area contributed by atoms with Gasteiger partial charge in [-0.05, 0) is 17.7 Å². The Bertz CT molecular complexity index is 849. The molecule has 9 heteroatoms. The second-order valence-electron chi connectivity index (χ2n) is 4.95. The van der Waals surface area contributed by atoms with E-state index in [-0.39, 0.29) is 29.3 Å². The molecule has 0 amide bonds. The molecule has 0 saturated heterocycles. The van der Waals surface area contributed by atoms with Crippen molar-refractivity contribution in [3.8, 4) is 11.5 Å². The van der Waals surface area contributed by atoms with E-state index < -0.39 is 17.6 Å². The molecule has 2 aromatic rings. The van der Waals surface area contributed by atoms with Crippen molar-refractivity contribution in [3.63, 3.8) is 0 Å². The average Bonchev–Trinajstić information content (AvgIpc) is 2.60. The molecule has 0 atom stereocenters. The predicted octanol–water partition coefficient (Wildman–Crippen LogP) is 2.58. The van der Waals surface area contributed by atoms with Crippen LogP contribution in [0, 0.1) is 11.6 Å². The molecular formula is C17H15F2N3O4. The maximum Gasteiger partial charge on any atom is 0.338 e. The predicted molar refractivity (Wildman–Crippen MR) is 89.5 cm³/mol. The summed E-state index contributed by atoms with van der Waals surface area (Å²) in [6, 6.07) is 4.46. The van der Waals surface area contributed by atoms with E-state index in [0.29, 0.717) is 5.75 Å². The number of carboxylic acid groups (broad SMARTS) is 1. The van der Waals surface area contributed by atoms with Crippen molar-refractivity contribution >= 4 is 18.0 Å². The average molecular weight is 363 g/mol. The summed E-state index contributed by atoms with van der Waals surface area (Å²) in [5.41, 5.74) is 5.22. The van der Waals surface area contributed by atoms with Crippen LogP contribution in [-0.4, -0.2) is 29.4 Å². The Balaban J connectivity index is 2.27. The Hall–Kier alpha value is -3.49. The third kappa shape index (κ3) is 5.00. The van der Waals surface area contributed by atoms with Gasteiger partial charge in [0.15, 0.2) is 11.6 Å². The molecule has 0 saturated carbocycles. The fourth-order valence-electron chi connectivity index (χ4n) is 1.89. The molecule has 0 aliphatic carbocycles. The molecule has 0 unspecified atom stereocenters. The van der Waals surface area contributed by atoms with Crippen LogP contribution in [0.15, 0.2) is 47.2 Å². The van der Waals surface area contributed by atoms with Crippen molar-refractivity contribution in [1.29, 1.82) is 0 Å². The van der Waals surface area contributed by atoms with Crippen LogP contribution >= 0.6 is 0 Å². The lowest BCUT2D eigenvalue weighted by molar-refractivity contribution is -0.132. The van der Waals surface area contributed by atoms with Crippen LogP contribution in [0.1, 0.15) is 5.56 Å². The highest BCUT2D eigenvalue weighted by Crippen LogP contribution is 2.29. The fourth-order valence-corrected chi connectivity index (χ4v) is 1.89. The topological polar surface area (TPSA) is 107 Å². The van der Waals surface area contributed by atoms with Crippen LogP contribution in [0.25, 0.3) is 0 Å². The number of hydrogen-bond donors (Lipinski definition) is 2. The Labute approximate surface area is 147 Å². The quantitative estimate of drug-likeness (QED) is 0.578. The molecular weight excluding hydrogens is 348 g/mol. The lowest BCUT2D eigenvalue weighted by Gasteiger charge is -2.10. The zero-order valence-electron chi connectivity index (χ0n) is 13.6. The molecule has 1 heterocycles. The Morgan fingerprint density at radius 1 is 1.31 bits per heavy atom. The van der Waals surface area contributed by atoms with Crippen LogP contribution < -0.4 is 15.2 Å². The number of carbonyl (C=O) groups is 1. The van der Waals surface area contributed by atoms with Crippen molar-refractivity contribution < 1.29 is 28.2 Å². The van der Waals surface area contributed by atoms with Crippen LogP contribution in [0.3, 0.4) is 0 Å². The molecule has 0 spiro atoms. The zero-order chi connectivity index (χ0) is 19.1. The minimum absolute atomic E-state index is 0.0447. The first kappa shape index (κ1) is 18.8. The largest absolute Gasteiger partial charge is 0.495 e. The van der Waals surface area contributed by atoms with E-state index in [4.69, 9.17) is 20.3 Å². The molecule has 0 aliphatic rings. The first-order valence-corrected chi connectivity index (χ1v) is 7.24. The van der Waals surface area contributed by atoms with E-state index in [1.165, 1.54) is 19.4 Å². The van der Waals surface area contributed by atoms with E-state index in [0.717, 1.165) is 30.6 Å². The fraction of sp³-hybridized carbons (Fsp3) is 0.118. The van der Waals surface area contributed by atoms with Gasteiger partial charge >= 0.3 is 5.97 Å². The number of hydrogen-bond acceptors (Lipinski definition) is 6. The van der Waals surface area contributed by atoms with Gasteiger partial charge in [0.2, 0.25) is 0 Å². The number of nitrogens with zero attached hydrogens (tertiary/aromatic N) is 2. The molecule has 136 valence electrons. The Kier molecular flexibility index (Phi) is 6.20. The van der Waals surface area contributed by atoms with E-state index in [1.807, 2.05) is 0 Å². The number of benzene rings is 1. The third-order valence-corrected chi connectivity index (χ3v) is 3.11. The van der Waals surface area contributed by atoms with E-state index in [9.17, 15) is 13.6 Å². The lowest BCUT2D eigenvalue weighted by atomic mass is 10.2. The summed E-state index contributed by atoms with van der Waals surface area (Å²) in [5.74, 6) is -2.19. The summed E-state index contributed by atoms with van der Waals surface area (Å²) in [6.07, 6.45) is 3.24. The second kappa shape index (κ2) is 8.56. The first-order valence-electron chi connectivity index (χ1n) is 7.24. The van der Waals surface area contributed by atoms with E-state index in [1.54, 1.807) is 0 Å². The molecule has 3 N–H and O–H groups in total. The van der Waals surface area contributed by atoms with Crippen LogP contribution in [-0.2, 0) is 11.4 Å². The van der Waals surface area contributed by atoms with Crippen molar-refractivity contribution in [2.75, 3.05) is 7.11 Å². The van der Waals surface area contributed by atoms with Crippen molar-refractivity contribution in [1.82, 2.24) is 4.98 Å². The molecule has 1 aromatic heterocycles. The number of pyridine rings is 1. The number of methoxy groups -OCH3 is 1. The van der Waals surface area contributed by atoms with Crippen LogP contribution in [0.4, 0.5) is 14.6 Å². The SMILES string of the molecule is COc1cnc(/N=C/C(=C\N)C(=O)O)c(OCc2cc(F)cc(F)c2)c1. The normalized spacial score (nSPS) is 11.6. The number of halogens is 2. The highest BCUT2D eigenvalue weighted by atomic mass is 19.1. The number of ether oxygens (including phenoxy) is 2. The first-order chi connectivity index (χ1) is 12.4. The molecule has 0 fully saturated rings. The summed E-state index contributed by atoms with van der Waals surface area (Å²) in [4.78, 5) is 18.9. The number of rotatable bonds is 7. The monoisotopic (exact) mass is 363 g/mol. The molecule has 0 radical (unpaired) electrons. The number of carboxylic acids is 1. The number of aliphatic carboxylic acids is 1. The second-order valence-corrected chi connectivity index (χ2v) is 4.95. The summed E-state index contributed by atoms with van der Waals surface area (Å²) in [7, 11) is 1.42. The summed E-state index contributed by atoms with van der Waals surface area (Å²) in [6.45, 7) is -0.162. The van der Waals surface area contributed by atoms with Crippen molar-refractivity contribution in [3.05, 3.63) is 59.4 Å². The maximum atomic E-state index is 13.3. The Morgan fingerprint density at radius 2 is 2.00 bits per heavy atom. The van der Waals surface area contributed by atoms with Gasteiger partial charge in [-0.2, -0.15) is 0 Å². The van der Waals surface area contributed by atoms with E-state index in [2.05, 4.69) is 9.98 Å². The number of aliphatic imine (C=N–C) groups is 1. The summed E-state index contributed by atoms with van der Waals surface area (Å²) < 4.78 is 37.1. The highest BCUT2D eigenvalue weighted by Gasteiger charge is 2.10. The maximum absolute atomic E-state index is 13.3. The van der Waals surface area contributed by atoms with Crippen LogP contribution in [0.2, 0.25) is 0 Å². The van der Waals surface area contributed by atoms with Crippen LogP contribution in [0.5, 0.6) is 11.5 Å². The third-order valence-electron chi connectivity index (χ3n) is 3.11. The number of nitrogens with two attached hydrogens (primary N) is 1. The van der Waals surface area contributed by atoms with Gasteiger partial charge in [0, 0.05) is 24.5 Å². The molecule has 1 aromatic carbocycles. The molecule has 2 rings (SSSR count). The highest BCUT2D eigenvalue weighted by molar-refractivity contribution is 6.08. The van der Waals surface area contributed by atoms with Crippen molar-refractivity contribution in [2.24, 2.45) is 10.7 Å². The molecule has 0 bridgehead atoms.